The number of benzene rings is 1. The van der Waals surface area contributed by atoms with E-state index in [1.807, 2.05) is 0 Å². The highest BCUT2D eigenvalue weighted by molar-refractivity contribution is 5.24. The summed E-state index contributed by atoms with van der Waals surface area (Å²) in [5.41, 5.74) is 2.74. The van der Waals surface area contributed by atoms with Gasteiger partial charge in [-0.2, -0.15) is 0 Å². The number of hydrogen-bond donors (Lipinski definition) is 1. The maximum atomic E-state index is 3.65. The van der Waals surface area contributed by atoms with Gasteiger partial charge in [-0.05, 0) is 65.5 Å². The van der Waals surface area contributed by atoms with Crippen LogP contribution in [0, 0.1) is 6.92 Å². The third-order valence-electron chi connectivity index (χ3n) is 4.46. The Morgan fingerprint density at radius 1 is 1.19 bits per heavy atom. The summed E-state index contributed by atoms with van der Waals surface area (Å²) in [6.45, 7) is 11.7. The highest BCUT2D eigenvalue weighted by atomic mass is 15.2. The lowest BCUT2D eigenvalue weighted by Crippen LogP contribution is -2.31. The van der Waals surface area contributed by atoms with Crippen molar-refractivity contribution < 1.29 is 0 Å². The predicted molar refractivity (Wildman–Crippen MR) is 90.8 cm³/mol. The molecule has 0 spiro atoms. The van der Waals surface area contributed by atoms with Crippen LogP contribution in [0.15, 0.2) is 24.3 Å². The van der Waals surface area contributed by atoms with Crippen LogP contribution < -0.4 is 5.32 Å². The van der Waals surface area contributed by atoms with Gasteiger partial charge in [0.15, 0.2) is 0 Å². The van der Waals surface area contributed by atoms with Crippen molar-refractivity contribution in [3.8, 4) is 0 Å². The van der Waals surface area contributed by atoms with E-state index in [0.717, 1.165) is 6.54 Å². The molecule has 0 aromatic heterocycles. The smallest absolute Gasteiger partial charge is 0.0291 e. The first kappa shape index (κ1) is 16.5. The van der Waals surface area contributed by atoms with Crippen molar-refractivity contribution in [3.63, 3.8) is 0 Å². The molecule has 2 rings (SSSR count). The summed E-state index contributed by atoms with van der Waals surface area (Å²) >= 11 is 0. The van der Waals surface area contributed by atoms with Crippen LogP contribution in [0.3, 0.4) is 0 Å². The minimum absolute atomic E-state index is 0.445. The second-order valence-electron chi connectivity index (χ2n) is 6.44. The van der Waals surface area contributed by atoms with Crippen LogP contribution in [-0.2, 0) is 0 Å². The topological polar surface area (TPSA) is 18.5 Å². The first-order chi connectivity index (χ1) is 10.1. The van der Waals surface area contributed by atoms with Gasteiger partial charge in [0.05, 0.1) is 0 Å². The quantitative estimate of drug-likeness (QED) is 0.812. The Morgan fingerprint density at radius 2 is 2.05 bits per heavy atom. The molecule has 1 aliphatic heterocycles. The number of rotatable bonds is 6. The summed E-state index contributed by atoms with van der Waals surface area (Å²) in [6, 6.07) is 9.25. The van der Waals surface area contributed by atoms with Crippen LogP contribution in [0.2, 0.25) is 0 Å². The molecule has 1 fully saturated rings. The first-order valence-corrected chi connectivity index (χ1v) is 8.36. The molecule has 1 saturated heterocycles. The molecular formula is C18H31N3. The zero-order valence-corrected chi connectivity index (χ0v) is 13.9. The standard InChI is InChI=1S/C18H31N3/c1-16-7-4-8-18(15-16)17(2)19-9-5-11-21-12-6-10-20(3)13-14-21/h4,7-8,15,17,19H,5-6,9-14H2,1-3H3/t17-/m0/s1. The van der Waals surface area contributed by atoms with Crippen LogP contribution in [0.5, 0.6) is 0 Å². The fraction of sp³-hybridized carbons (Fsp3) is 0.667. The van der Waals surface area contributed by atoms with Gasteiger partial charge in [-0.1, -0.05) is 29.8 Å². The maximum absolute atomic E-state index is 3.65. The molecule has 3 heteroatoms. The number of nitrogens with one attached hydrogen (secondary N) is 1. The third-order valence-corrected chi connectivity index (χ3v) is 4.46. The average molecular weight is 289 g/mol. The van der Waals surface area contributed by atoms with Crippen molar-refractivity contribution >= 4 is 0 Å². The van der Waals surface area contributed by atoms with Gasteiger partial charge in [-0.3, -0.25) is 0 Å². The summed E-state index contributed by atoms with van der Waals surface area (Å²) in [5.74, 6) is 0. The van der Waals surface area contributed by atoms with Crippen LogP contribution in [0.1, 0.15) is 36.9 Å². The minimum atomic E-state index is 0.445. The third kappa shape index (κ3) is 5.77. The van der Waals surface area contributed by atoms with Gasteiger partial charge in [0.25, 0.3) is 0 Å². The van der Waals surface area contributed by atoms with Crippen molar-refractivity contribution in [2.24, 2.45) is 0 Å². The molecule has 118 valence electrons. The normalized spacial score (nSPS) is 19.4. The van der Waals surface area contributed by atoms with Gasteiger partial charge in [0.1, 0.15) is 0 Å². The van der Waals surface area contributed by atoms with E-state index in [9.17, 15) is 0 Å². The van der Waals surface area contributed by atoms with Gasteiger partial charge in [0, 0.05) is 19.1 Å². The summed E-state index contributed by atoms with van der Waals surface area (Å²) < 4.78 is 0. The molecule has 1 atom stereocenters. The Kier molecular flexibility index (Phi) is 6.68. The lowest BCUT2D eigenvalue weighted by molar-refractivity contribution is 0.271. The Morgan fingerprint density at radius 3 is 2.86 bits per heavy atom. The molecule has 1 heterocycles. The summed E-state index contributed by atoms with van der Waals surface area (Å²) in [6.07, 6.45) is 2.55. The van der Waals surface area contributed by atoms with Gasteiger partial charge >= 0.3 is 0 Å². The Labute approximate surface area is 130 Å². The highest BCUT2D eigenvalue weighted by Crippen LogP contribution is 2.13. The number of aryl methyl sites for hydroxylation is 1. The van der Waals surface area contributed by atoms with E-state index in [0.29, 0.717) is 6.04 Å². The molecule has 0 bridgehead atoms. The van der Waals surface area contributed by atoms with E-state index in [2.05, 4.69) is 60.3 Å². The molecule has 3 nitrogen and oxygen atoms in total. The van der Waals surface area contributed by atoms with Gasteiger partial charge in [0.2, 0.25) is 0 Å². The monoisotopic (exact) mass is 289 g/mol. The summed E-state index contributed by atoms with van der Waals surface area (Å²) in [4.78, 5) is 5.06. The van der Waals surface area contributed by atoms with Crippen molar-refractivity contribution in [1.29, 1.82) is 0 Å². The number of hydrogen-bond acceptors (Lipinski definition) is 3. The van der Waals surface area contributed by atoms with Crippen molar-refractivity contribution in [2.45, 2.75) is 32.7 Å². The molecule has 0 radical (unpaired) electrons. The van der Waals surface area contributed by atoms with Crippen LogP contribution in [-0.4, -0.2) is 56.1 Å². The van der Waals surface area contributed by atoms with Gasteiger partial charge in [-0.15, -0.1) is 0 Å². The zero-order valence-electron chi connectivity index (χ0n) is 13.9. The molecule has 1 aromatic rings. The number of likely N-dealkylation sites (N-methyl/N-ethyl adjacent to an activating group) is 1. The first-order valence-electron chi connectivity index (χ1n) is 8.36. The average Bonchev–Trinajstić information content (AvgIpc) is 2.68. The lowest BCUT2D eigenvalue weighted by Gasteiger charge is -2.21. The molecule has 1 aromatic carbocycles. The molecule has 0 saturated carbocycles. The molecule has 1 N–H and O–H groups in total. The fourth-order valence-corrected chi connectivity index (χ4v) is 3.00. The Hall–Kier alpha value is -0.900. The SMILES string of the molecule is Cc1cccc([C@H](C)NCCCN2CCCN(C)CC2)c1. The van der Waals surface area contributed by atoms with Gasteiger partial charge < -0.3 is 15.1 Å². The molecule has 0 aliphatic carbocycles. The van der Waals surface area contributed by atoms with E-state index in [1.165, 1.54) is 56.7 Å². The lowest BCUT2D eigenvalue weighted by atomic mass is 10.1. The zero-order chi connectivity index (χ0) is 15.1. The van der Waals surface area contributed by atoms with E-state index in [-0.39, 0.29) is 0 Å². The van der Waals surface area contributed by atoms with E-state index >= 15 is 0 Å². The van der Waals surface area contributed by atoms with Crippen molar-refractivity contribution in [3.05, 3.63) is 35.4 Å². The van der Waals surface area contributed by atoms with Crippen LogP contribution >= 0.6 is 0 Å². The van der Waals surface area contributed by atoms with E-state index < -0.39 is 0 Å². The van der Waals surface area contributed by atoms with Crippen molar-refractivity contribution in [1.82, 2.24) is 15.1 Å². The fourth-order valence-electron chi connectivity index (χ4n) is 3.00. The largest absolute Gasteiger partial charge is 0.310 e. The minimum Gasteiger partial charge on any atom is -0.310 e. The molecule has 1 aliphatic rings. The molecular weight excluding hydrogens is 258 g/mol. The molecule has 0 unspecified atom stereocenters. The Balaban J connectivity index is 1.65. The number of nitrogens with zero attached hydrogens (tertiary/aromatic N) is 2. The van der Waals surface area contributed by atoms with Crippen molar-refractivity contribution in [2.75, 3.05) is 46.3 Å². The van der Waals surface area contributed by atoms with Crippen LogP contribution in [0.25, 0.3) is 0 Å². The second-order valence-corrected chi connectivity index (χ2v) is 6.44. The van der Waals surface area contributed by atoms with Gasteiger partial charge in [-0.25, -0.2) is 0 Å². The molecule has 0 amide bonds. The van der Waals surface area contributed by atoms with E-state index in [1.54, 1.807) is 0 Å². The maximum Gasteiger partial charge on any atom is 0.0291 e. The van der Waals surface area contributed by atoms with Crippen LogP contribution in [0.4, 0.5) is 0 Å². The predicted octanol–water partition coefficient (Wildman–Crippen LogP) is 2.67. The van der Waals surface area contributed by atoms with E-state index in [4.69, 9.17) is 0 Å². The summed E-state index contributed by atoms with van der Waals surface area (Å²) in [7, 11) is 2.23. The summed E-state index contributed by atoms with van der Waals surface area (Å²) in [5, 5.41) is 3.65. The Bertz CT molecular complexity index is 419. The second kappa shape index (κ2) is 8.52. The highest BCUT2D eigenvalue weighted by Gasteiger charge is 2.11. The molecule has 21 heavy (non-hydrogen) atoms.